The van der Waals surface area contributed by atoms with Crippen LogP contribution < -0.4 is 0 Å². The molecule has 0 fully saturated rings. The van der Waals surface area contributed by atoms with Crippen LogP contribution in [0.3, 0.4) is 0 Å². The van der Waals surface area contributed by atoms with E-state index in [2.05, 4.69) is 9.97 Å². The normalized spacial score (nSPS) is 12.5. The van der Waals surface area contributed by atoms with Gasteiger partial charge in [0, 0.05) is 22.8 Å². The monoisotopic (exact) mass is 250 g/mol. The van der Waals surface area contributed by atoms with Crippen molar-refractivity contribution in [3.8, 4) is 0 Å². The lowest BCUT2D eigenvalue weighted by molar-refractivity contribution is 0.215. The lowest BCUT2D eigenvalue weighted by Gasteiger charge is -2.11. The van der Waals surface area contributed by atoms with Crippen LogP contribution in [-0.2, 0) is 0 Å². The van der Waals surface area contributed by atoms with Crippen molar-refractivity contribution in [3.05, 3.63) is 71.7 Å². The van der Waals surface area contributed by atoms with E-state index in [9.17, 15) is 5.11 Å². The quantitative estimate of drug-likeness (QED) is 0.760. The van der Waals surface area contributed by atoms with Crippen LogP contribution in [0.25, 0.3) is 10.9 Å². The van der Waals surface area contributed by atoms with Gasteiger partial charge in [0.2, 0.25) is 0 Å². The first-order valence-electron chi connectivity index (χ1n) is 6.20. The van der Waals surface area contributed by atoms with Gasteiger partial charge in [-0.1, -0.05) is 30.3 Å². The van der Waals surface area contributed by atoms with Gasteiger partial charge in [0.15, 0.2) is 0 Å². The molecule has 1 atom stereocenters. The maximum atomic E-state index is 10.3. The number of aliphatic hydroxyl groups excluding tert-OH is 1. The third-order valence-electron chi connectivity index (χ3n) is 3.15. The molecule has 1 aromatic carbocycles. The van der Waals surface area contributed by atoms with E-state index in [-0.39, 0.29) is 0 Å². The summed E-state index contributed by atoms with van der Waals surface area (Å²) in [4.78, 5) is 8.70. The summed E-state index contributed by atoms with van der Waals surface area (Å²) >= 11 is 0. The molecule has 0 spiro atoms. The fourth-order valence-electron chi connectivity index (χ4n) is 2.05. The summed E-state index contributed by atoms with van der Waals surface area (Å²) in [5, 5.41) is 11.4. The first-order chi connectivity index (χ1) is 9.24. The first kappa shape index (κ1) is 11.8. The van der Waals surface area contributed by atoms with E-state index in [0.29, 0.717) is 5.69 Å². The number of hydrogen-bond donors (Lipinski definition) is 1. The molecule has 0 amide bonds. The molecule has 1 N–H and O–H groups in total. The topological polar surface area (TPSA) is 46.0 Å². The van der Waals surface area contributed by atoms with E-state index in [4.69, 9.17) is 0 Å². The Morgan fingerprint density at radius 3 is 2.63 bits per heavy atom. The minimum Gasteiger partial charge on any atom is -0.382 e. The summed E-state index contributed by atoms with van der Waals surface area (Å²) in [5.41, 5.74) is 3.22. The number of aromatic nitrogens is 2. The molecular formula is C16H14N2O. The van der Waals surface area contributed by atoms with Crippen molar-refractivity contribution < 1.29 is 5.11 Å². The summed E-state index contributed by atoms with van der Waals surface area (Å²) < 4.78 is 0. The standard InChI is InChI=1S/C16H14N2O/c1-11-6-7-13(10-17-11)16(19)15-9-8-12-4-2-3-5-14(12)18-15/h2-10,16,19H,1H3. The predicted octanol–water partition coefficient (Wildman–Crippen LogP) is 3.02. The molecule has 0 aliphatic heterocycles. The minimum atomic E-state index is -0.738. The van der Waals surface area contributed by atoms with Crippen LogP contribution in [0.1, 0.15) is 23.1 Å². The van der Waals surface area contributed by atoms with Gasteiger partial charge in [-0.2, -0.15) is 0 Å². The van der Waals surface area contributed by atoms with Gasteiger partial charge >= 0.3 is 0 Å². The number of pyridine rings is 2. The lowest BCUT2D eigenvalue weighted by atomic mass is 10.1. The average Bonchev–Trinajstić information content (AvgIpc) is 2.47. The first-order valence-corrected chi connectivity index (χ1v) is 6.20. The number of aryl methyl sites for hydroxylation is 1. The SMILES string of the molecule is Cc1ccc(C(O)c2ccc3ccccc3n2)cn1. The Bertz CT molecular complexity index is 707. The zero-order valence-corrected chi connectivity index (χ0v) is 10.6. The van der Waals surface area contributed by atoms with Crippen molar-refractivity contribution >= 4 is 10.9 Å². The Kier molecular flexibility index (Phi) is 2.97. The maximum Gasteiger partial charge on any atom is 0.122 e. The molecule has 19 heavy (non-hydrogen) atoms. The van der Waals surface area contributed by atoms with Crippen LogP contribution in [0.15, 0.2) is 54.7 Å². The number of nitrogens with zero attached hydrogens (tertiary/aromatic N) is 2. The second-order valence-corrected chi connectivity index (χ2v) is 4.56. The number of fused-ring (bicyclic) bond motifs is 1. The molecule has 1 unspecified atom stereocenters. The Balaban J connectivity index is 2.01. The molecule has 3 rings (SSSR count). The minimum absolute atomic E-state index is 0.643. The molecular weight excluding hydrogens is 236 g/mol. The van der Waals surface area contributed by atoms with Crippen LogP contribution >= 0.6 is 0 Å². The highest BCUT2D eigenvalue weighted by Crippen LogP contribution is 2.22. The average molecular weight is 250 g/mol. The predicted molar refractivity (Wildman–Crippen MR) is 74.8 cm³/mol. The van der Waals surface area contributed by atoms with Gasteiger partial charge in [-0.3, -0.25) is 4.98 Å². The molecule has 0 saturated carbocycles. The number of aliphatic hydroxyl groups is 1. The van der Waals surface area contributed by atoms with Crippen LogP contribution in [-0.4, -0.2) is 15.1 Å². The van der Waals surface area contributed by atoms with Crippen molar-refractivity contribution in [1.29, 1.82) is 0 Å². The lowest BCUT2D eigenvalue weighted by Crippen LogP contribution is -2.03. The highest BCUT2D eigenvalue weighted by atomic mass is 16.3. The second-order valence-electron chi connectivity index (χ2n) is 4.56. The van der Waals surface area contributed by atoms with Crippen molar-refractivity contribution in [2.75, 3.05) is 0 Å². The number of benzene rings is 1. The summed E-state index contributed by atoms with van der Waals surface area (Å²) in [6.45, 7) is 1.92. The Morgan fingerprint density at radius 1 is 1.00 bits per heavy atom. The zero-order valence-electron chi connectivity index (χ0n) is 10.6. The molecule has 0 aliphatic carbocycles. The van der Waals surface area contributed by atoms with E-state index in [1.165, 1.54) is 0 Å². The molecule has 3 nitrogen and oxygen atoms in total. The Labute approximate surface area is 111 Å². The third kappa shape index (κ3) is 2.33. The molecule has 3 aromatic rings. The highest BCUT2D eigenvalue weighted by molar-refractivity contribution is 5.78. The molecule has 3 heteroatoms. The molecule has 0 aliphatic rings. The highest BCUT2D eigenvalue weighted by Gasteiger charge is 2.12. The molecule has 94 valence electrons. The number of rotatable bonds is 2. The fraction of sp³-hybridized carbons (Fsp3) is 0.125. The van der Waals surface area contributed by atoms with Crippen LogP contribution in [0.2, 0.25) is 0 Å². The van der Waals surface area contributed by atoms with Crippen molar-refractivity contribution in [1.82, 2.24) is 9.97 Å². The maximum absolute atomic E-state index is 10.3. The Morgan fingerprint density at radius 2 is 1.84 bits per heavy atom. The van der Waals surface area contributed by atoms with E-state index >= 15 is 0 Å². The zero-order chi connectivity index (χ0) is 13.2. The molecule has 0 radical (unpaired) electrons. The molecule has 0 bridgehead atoms. The van der Waals surface area contributed by atoms with Gasteiger partial charge in [-0.15, -0.1) is 0 Å². The van der Waals surface area contributed by atoms with Gasteiger partial charge < -0.3 is 5.11 Å². The molecule has 0 saturated heterocycles. The fourth-order valence-corrected chi connectivity index (χ4v) is 2.05. The van der Waals surface area contributed by atoms with E-state index in [0.717, 1.165) is 22.2 Å². The van der Waals surface area contributed by atoms with Gasteiger partial charge in [0.1, 0.15) is 6.10 Å². The van der Waals surface area contributed by atoms with Crippen molar-refractivity contribution in [2.24, 2.45) is 0 Å². The molecule has 2 aromatic heterocycles. The van der Waals surface area contributed by atoms with E-state index < -0.39 is 6.10 Å². The summed E-state index contributed by atoms with van der Waals surface area (Å²) in [7, 11) is 0. The van der Waals surface area contributed by atoms with Crippen molar-refractivity contribution in [2.45, 2.75) is 13.0 Å². The number of para-hydroxylation sites is 1. The largest absolute Gasteiger partial charge is 0.382 e. The van der Waals surface area contributed by atoms with Gasteiger partial charge in [-0.05, 0) is 25.1 Å². The Hall–Kier alpha value is -2.26. The van der Waals surface area contributed by atoms with E-state index in [1.54, 1.807) is 6.20 Å². The summed E-state index contributed by atoms with van der Waals surface area (Å²) in [6, 6.07) is 15.5. The van der Waals surface area contributed by atoms with Crippen LogP contribution in [0, 0.1) is 6.92 Å². The smallest absolute Gasteiger partial charge is 0.122 e. The van der Waals surface area contributed by atoms with Gasteiger partial charge in [-0.25, -0.2) is 4.98 Å². The van der Waals surface area contributed by atoms with Crippen LogP contribution in [0.5, 0.6) is 0 Å². The van der Waals surface area contributed by atoms with Crippen LogP contribution in [0.4, 0.5) is 0 Å². The number of hydrogen-bond acceptors (Lipinski definition) is 3. The summed E-state index contributed by atoms with van der Waals surface area (Å²) in [5.74, 6) is 0. The molecule has 2 heterocycles. The van der Waals surface area contributed by atoms with Gasteiger partial charge in [0.05, 0.1) is 11.2 Å². The van der Waals surface area contributed by atoms with Crippen molar-refractivity contribution in [3.63, 3.8) is 0 Å². The van der Waals surface area contributed by atoms with Gasteiger partial charge in [0.25, 0.3) is 0 Å². The second kappa shape index (κ2) is 4.78. The van der Waals surface area contributed by atoms with E-state index in [1.807, 2.05) is 55.5 Å². The summed E-state index contributed by atoms with van der Waals surface area (Å²) in [6.07, 6.45) is 0.953. The third-order valence-corrected chi connectivity index (χ3v) is 3.15.